The maximum atomic E-state index is 12.7. The minimum atomic E-state index is -0.998. The van der Waals surface area contributed by atoms with Crippen LogP contribution in [0.5, 0.6) is 11.5 Å². The van der Waals surface area contributed by atoms with Gasteiger partial charge in [-0.15, -0.1) is 0 Å². The molecule has 32 heavy (non-hydrogen) atoms. The summed E-state index contributed by atoms with van der Waals surface area (Å²) in [6.07, 6.45) is 4.26. The molecule has 0 saturated heterocycles. The van der Waals surface area contributed by atoms with Crippen LogP contribution in [0.3, 0.4) is 0 Å². The summed E-state index contributed by atoms with van der Waals surface area (Å²) >= 11 is 0. The van der Waals surface area contributed by atoms with Gasteiger partial charge in [0.25, 0.3) is 5.91 Å². The lowest BCUT2D eigenvalue weighted by molar-refractivity contribution is -0.146. The van der Waals surface area contributed by atoms with Gasteiger partial charge in [-0.3, -0.25) is 14.4 Å². The summed E-state index contributed by atoms with van der Waals surface area (Å²) in [6, 6.07) is 10.3. The highest BCUT2D eigenvalue weighted by molar-refractivity contribution is 6.02. The number of aromatic hydroxyl groups is 2. The van der Waals surface area contributed by atoms with Crippen LogP contribution in [-0.4, -0.2) is 38.8 Å². The highest BCUT2D eigenvalue weighted by Gasteiger charge is 2.33. The standard InChI is InChI=1S/C23H23N3O6/c1-13(25-26-21(29)15-10-17(27)12-18(28)11-15)14-5-4-6-16(9-14)24-22(30)19-7-2-3-8-20(19)23(31)32/h2-6,9-12,19-20,27-28H,7-8H2,1H3,(H,24,30)(H,26,29)(H,31,32)/b25-13-/t19-,20-/m1/s1. The van der Waals surface area contributed by atoms with Crippen LogP contribution >= 0.6 is 0 Å². The first-order chi connectivity index (χ1) is 15.2. The molecule has 3 rings (SSSR count). The van der Waals surface area contributed by atoms with Crippen molar-refractivity contribution in [2.24, 2.45) is 16.9 Å². The average molecular weight is 437 g/mol. The molecule has 0 heterocycles. The molecule has 166 valence electrons. The zero-order valence-corrected chi connectivity index (χ0v) is 17.3. The van der Waals surface area contributed by atoms with Crippen LogP contribution < -0.4 is 10.7 Å². The summed E-state index contributed by atoms with van der Waals surface area (Å²) in [6.45, 7) is 1.66. The minimum absolute atomic E-state index is 0.0366. The molecule has 0 aliphatic heterocycles. The van der Waals surface area contributed by atoms with Crippen molar-refractivity contribution in [3.63, 3.8) is 0 Å². The number of benzene rings is 2. The van der Waals surface area contributed by atoms with Crippen molar-refractivity contribution in [3.05, 3.63) is 65.7 Å². The summed E-state index contributed by atoms with van der Waals surface area (Å²) in [7, 11) is 0. The lowest BCUT2D eigenvalue weighted by Gasteiger charge is -2.24. The topological polar surface area (TPSA) is 148 Å². The van der Waals surface area contributed by atoms with Gasteiger partial charge in [0.1, 0.15) is 11.5 Å². The molecule has 0 aromatic heterocycles. The van der Waals surface area contributed by atoms with E-state index in [4.69, 9.17) is 0 Å². The number of nitrogens with zero attached hydrogens (tertiary/aromatic N) is 1. The fourth-order valence-corrected chi connectivity index (χ4v) is 3.42. The fraction of sp³-hybridized carbons (Fsp3) is 0.217. The van der Waals surface area contributed by atoms with Gasteiger partial charge in [0.05, 0.1) is 17.5 Å². The second-order valence-corrected chi connectivity index (χ2v) is 7.44. The van der Waals surface area contributed by atoms with E-state index >= 15 is 0 Å². The van der Waals surface area contributed by atoms with E-state index in [1.807, 2.05) is 6.08 Å². The molecule has 0 radical (unpaired) electrons. The van der Waals surface area contributed by atoms with Gasteiger partial charge in [-0.25, -0.2) is 5.43 Å². The fourth-order valence-electron chi connectivity index (χ4n) is 3.42. The van der Waals surface area contributed by atoms with Crippen LogP contribution in [0.15, 0.2) is 59.7 Å². The Balaban J connectivity index is 1.69. The van der Waals surface area contributed by atoms with E-state index in [1.54, 1.807) is 37.3 Å². The molecule has 9 heteroatoms. The van der Waals surface area contributed by atoms with Crippen molar-refractivity contribution in [3.8, 4) is 11.5 Å². The zero-order chi connectivity index (χ0) is 23.3. The predicted molar refractivity (Wildman–Crippen MR) is 118 cm³/mol. The third-order valence-electron chi connectivity index (χ3n) is 5.12. The summed E-state index contributed by atoms with van der Waals surface area (Å²) in [4.78, 5) is 36.3. The van der Waals surface area contributed by atoms with Gasteiger partial charge < -0.3 is 20.6 Å². The largest absolute Gasteiger partial charge is 0.508 e. The van der Waals surface area contributed by atoms with Crippen molar-refractivity contribution in [1.82, 2.24) is 5.43 Å². The molecule has 2 atom stereocenters. The highest BCUT2D eigenvalue weighted by Crippen LogP contribution is 2.27. The second kappa shape index (κ2) is 9.78. The van der Waals surface area contributed by atoms with E-state index in [0.29, 0.717) is 29.8 Å². The maximum Gasteiger partial charge on any atom is 0.307 e. The molecule has 2 amide bonds. The van der Waals surface area contributed by atoms with Crippen LogP contribution in [-0.2, 0) is 9.59 Å². The molecule has 0 spiro atoms. The van der Waals surface area contributed by atoms with Crippen molar-refractivity contribution in [2.75, 3.05) is 5.32 Å². The molecule has 1 aliphatic rings. The number of rotatable bonds is 6. The molecule has 0 fully saturated rings. The number of phenolic OH excluding ortho intramolecular Hbond substituents is 2. The molecule has 0 saturated carbocycles. The third-order valence-corrected chi connectivity index (χ3v) is 5.12. The van der Waals surface area contributed by atoms with Crippen molar-refractivity contribution < 1.29 is 29.7 Å². The van der Waals surface area contributed by atoms with E-state index in [9.17, 15) is 29.7 Å². The number of phenols is 2. The van der Waals surface area contributed by atoms with E-state index < -0.39 is 23.7 Å². The molecular weight excluding hydrogens is 414 g/mol. The second-order valence-electron chi connectivity index (χ2n) is 7.44. The van der Waals surface area contributed by atoms with E-state index in [-0.39, 0.29) is 23.0 Å². The van der Waals surface area contributed by atoms with Gasteiger partial charge in [0, 0.05) is 17.3 Å². The molecule has 1 aliphatic carbocycles. The number of carboxylic acid groups (broad SMARTS) is 1. The lowest BCUT2D eigenvalue weighted by Crippen LogP contribution is -2.34. The smallest absolute Gasteiger partial charge is 0.307 e. The van der Waals surface area contributed by atoms with Gasteiger partial charge in [-0.05, 0) is 49.6 Å². The third kappa shape index (κ3) is 5.51. The Kier molecular flexibility index (Phi) is 6.89. The van der Waals surface area contributed by atoms with Crippen LogP contribution in [0.1, 0.15) is 35.7 Å². The van der Waals surface area contributed by atoms with E-state index in [2.05, 4.69) is 15.8 Å². The van der Waals surface area contributed by atoms with Crippen LogP contribution in [0.25, 0.3) is 0 Å². The molecule has 9 nitrogen and oxygen atoms in total. The number of amides is 2. The van der Waals surface area contributed by atoms with Gasteiger partial charge in [-0.2, -0.15) is 5.10 Å². The summed E-state index contributed by atoms with van der Waals surface area (Å²) in [5.41, 5.74) is 3.93. The molecule has 2 aromatic rings. The molecule has 2 aromatic carbocycles. The monoisotopic (exact) mass is 437 g/mol. The lowest BCUT2D eigenvalue weighted by atomic mass is 9.82. The normalized spacial score (nSPS) is 18.1. The Morgan fingerprint density at radius 1 is 0.938 bits per heavy atom. The number of hydrazone groups is 1. The summed E-state index contributed by atoms with van der Waals surface area (Å²) in [5, 5.41) is 35.1. The number of hydrogen-bond acceptors (Lipinski definition) is 6. The number of allylic oxidation sites excluding steroid dienone is 2. The van der Waals surface area contributed by atoms with Gasteiger partial charge >= 0.3 is 5.97 Å². The van der Waals surface area contributed by atoms with Crippen LogP contribution in [0.2, 0.25) is 0 Å². The Morgan fingerprint density at radius 3 is 2.25 bits per heavy atom. The summed E-state index contributed by atoms with van der Waals surface area (Å²) in [5.74, 6) is -3.92. The Bertz CT molecular complexity index is 1090. The SMILES string of the molecule is C/C(=N/NC(=O)c1cc(O)cc(O)c1)c1cccc(NC(=O)[C@@H]2CC=CC[C@H]2C(=O)O)c1. The van der Waals surface area contributed by atoms with Crippen LogP contribution in [0.4, 0.5) is 5.69 Å². The number of hydrogen-bond donors (Lipinski definition) is 5. The number of carbonyl (C=O) groups is 3. The van der Waals surface area contributed by atoms with Crippen molar-refractivity contribution in [2.45, 2.75) is 19.8 Å². The van der Waals surface area contributed by atoms with Gasteiger partial charge in [-0.1, -0.05) is 24.3 Å². The Morgan fingerprint density at radius 2 is 1.59 bits per heavy atom. The number of carbonyl (C=O) groups excluding carboxylic acids is 2. The van der Waals surface area contributed by atoms with Crippen molar-refractivity contribution >= 4 is 29.2 Å². The van der Waals surface area contributed by atoms with Crippen molar-refractivity contribution in [1.29, 1.82) is 0 Å². The highest BCUT2D eigenvalue weighted by atomic mass is 16.4. The van der Waals surface area contributed by atoms with Gasteiger partial charge in [0.2, 0.25) is 5.91 Å². The summed E-state index contributed by atoms with van der Waals surface area (Å²) < 4.78 is 0. The zero-order valence-electron chi connectivity index (χ0n) is 17.3. The molecule has 0 unspecified atom stereocenters. The first-order valence-corrected chi connectivity index (χ1v) is 9.91. The predicted octanol–water partition coefficient (Wildman–Crippen LogP) is 2.86. The van der Waals surface area contributed by atoms with Crippen LogP contribution in [0, 0.1) is 11.8 Å². The number of nitrogens with one attached hydrogen (secondary N) is 2. The molecule has 0 bridgehead atoms. The number of anilines is 1. The number of aliphatic carboxylic acids is 1. The average Bonchev–Trinajstić information content (AvgIpc) is 2.76. The Labute approximate surface area is 184 Å². The molecule has 5 N–H and O–H groups in total. The minimum Gasteiger partial charge on any atom is -0.508 e. The van der Waals surface area contributed by atoms with Gasteiger partial charge in [0.15, 0.2) is 0 Å². The first-order valence-electron chi connectivity index (χ1n) is 9.91. The Hall–Kier alpha value is -4.14. The quantitative estimate of drug-likeness (QED) is 0.267. The van der Waals surface area contributed by atoms with E-state index in [0.717, 1.165) is 6.07 Å². The maximum absolute atomic E-state index is 12.7. The number of carboxylic acids is 1. The van der Waals surface area contributed by atoms with E-state index in [1.165, 1.54) is 12.1 Å². The first kappa shape index (κ1) is 22.5. The molecular formula is C23H23N3O6.